The van der Waals surface area contributed by atoms with Gasteiger partial charge in [0, 0.05) is 22.5 Å². The molecule has 0 amide bonds. The molecule has 1 aromatic rings. The number of hydrogen-bond acceptors (Lipinski definition) is 0. The summed E-state index contributed by atoms with van der Waals surface area (Å²) in [6.45, 7) is 8.41. The first kappa shape index (κ1) is 16.6. The summed E-state index contributed by atoms with van der Waals surface area (Å²) in [5.41, 5.74) is 2.47. The van der Waals surface area contributed by atoms with Crippen molar-refractivity contribution in [2.24, 2.45) is 5.92 Å². The van der Waals surface area contributed by atoms with Gasteiger partial charge in [0.1, 0.15) is 0 Å². The third kappa shape index (κ3) is 9.81. The second-order valence-electron chi connectivity index (χ2n) is 4.55. The first-order valence-electron chi connectivity index (χ1n) is 6.06. The van der Waals surface area contributed by atoms with Gasteiger partial charge in [-0.3, -0.25) is 0 Å². The number of halogens is 1. The fourth-order valence-corrected chi connectivity index (χ4v) is 1.38. The van der Waals surface area contributed by atoms with Gasteiger partial charge in [-0.1, -0.05) is 37.4 Å². The Morgan fingerprint density at radius 1 is 1.39 bits per heavy atom. The van der Waals surface area contributed by atoms with E-state index >= 15 is 0 Å². The van der Waals surface area contributed by atoms with Crippen LogP contribution >= 0.6 is 11.6 Å². The highest BCUT2D eigenvalue weighted by molar-refractivity contribution is 6.31. The van der Waals surface area contributed by atoms with Gasteiger partial charge < -0.3 is 4.98 Å². The van der Waals surface area contributed by atoms with Crippen LogP contribution in [0.15, 0.2) is 35.4 Å². The lowest BCUT2D eigenvalue weighted by molar-refractivity contribution is 0.664. The first-order chi connectivity index (χ1) is 8.45. The molecule has 0 aliphatic rings. The molecule has 0 unspecified atom stereocenters. The van der Waals surface area contributed by atoms with Gasteiger partial charge in [0.15, 0.2) is 0 Å². The molecule has 0 radical (unpaired) electrons. The molecule has 0 aliphatic heterocycles. The molecular formula is C16H22ClN. The van der Waals surface area contributed by atoms with Crippen molar-refractivity contribution in [1.82, 2.24) is 4.98 Å². The maximum absolute atomic E-state index is 5.70. The third-order valence-corrected chi connectivity index (χ3v) is 2.32. The number of H-pyrrole nitrogens is 1. The zero-order chi connectivity index (χ0) is 14.0. The van der Waals surface area contributed by atoms with Crippen LogP contribution < -0.4 is 0 Å². The Balaban J connectivity index is 0.000000351. The van der Waals surface area contributed by atoms with Gasteiger partial charge in [-0.25, -0.2) is 0 Å². The summed E-state index contributed by atoms with van der Waals surface area (Å²) < 4.78 is 0. The van der Waals surface area contributed by atoms with Crippen LogP contribution in [0.2, 0.25) is 0 Å². The Kier molecular flexibility index (Phi) is 8.88. The molecule has 98 valence electrons. The van der Waals surface area contributed by atoms with E-state index < -0.39 is 0 Å². The molecule has 0 fully saturated rings. The predicted molar refractivity (Wildman–Crippen MR) is 81.6 cm³/mol. The minimum absolute atomic E-state index is 0.619. The van der Waals surface area contributed by atoms with E-state index in [2.05, 4.69) is 36.9 Å². The fraction of sp³-hybridized carbons (Fsp3) is 0.375. The van der Waals surface area contributed by atoms with Gasteiger partial charge >= 0.3 is 0 Å². The van der Waals surface area contributed by atoms with E-state index in [4.69, 9.17) is 18.0 Å². The minimum Gasteiger partial charge on any atom is -0.363 e. The average molecular weight is 264 g/mol. The van der Waals surface area contributed by atoms with Crippen molar-refractivity contribution in [3.8, 4) is 12.3 Å². The van der Waals surface area contributed by atoms with Gasteiger partial charge in [0.05, 0.1) is 0 Å². The smallest absolute Gasteiger partial charge is 0.0486 e. The summed E-state index contributed by atoms with van der Waals surface area (Å²) in [7, 11) is 0. The zero-order valence-electron chi connectivity index (χ0n) is 11.6. The van der Waals surface area contributed by atoms with Gasteiger partial charge in [-0.2, -0.15) is 0 Å². The van der Waals surface area contributed by atoms with Crippen LogP contribution in [0.4, 0.5) is 0 Å². The summed E-state index contributed by atoms with van der Waals surface area (Å²) in [6, 6.07) is 4.13. The third-order valence-electron chi connectivity index (χ3n) is 2.08. The molecule has 1 heterocycles. The van der Waals surface area contributed by atoms with Crippen LogP contribution in [0.25, 0.3) is 0 Å². The Morgan fingerprint density at radius 2 is 1.94 bits per heavy atom. The highest BCUT2D eigenvalue weighted by atomic mass is 35.5. The molecule has 2 heteroatoms. The van der Waals surface area contributed by atoms with E-state index in [-0.39, 0.29) is 0 Å². The van der Waals surface area contributed by atoms with Crippen LogP contribution in [-0.2, 0) is 0 Å². The minimum atomic E-state index is 0.619. The van der Waals surface area contributed by atoms with Gasteiger partial charge in [0.25, 0.3) is 0 Å². The van der Waals surface area contributed by atoms with Crippen molar-refractivity contribution >= 4 is 11.6 Å². The molecule has 1 rings (SSSR count). The molecule has 18 heavy (non-hydrogen) atoms. The molecule has 0 atom stereocenters. The van der Waals surface area contributed by atoms with Crippen molar-refractivity contribution in [1.29, 1.82) is 0 Å². The molecule has 1 N–H and O–H groups in total. The van der Waals surface area contributed by atoms with Crippen molar-refractivity contribution in [3.63, 3.8) is 0 Å². The summed E-state index contributed by atoms with van der Waals surface area (Å²) in [4.78, 5) is 3.14. The molecule has 1 aromatic heterocycles. The summed E-state index contributed by atoms with van der Waals surface area (Å²) in [5, 5.41) is 0.619. The molecule has 0 saturated carbocycles. The quantitative estimate of drug-likeness (QED) is 0.585. The Morgan fingerprint density at radius 3 is 2.28 bits per heavy atom. The van der Waals surface area contributed by atoms with Crippen molar-refractivity contribution in [2.45, 2.75) is 34.1 Å². The zero-order valence-corrected chi connectivity index (χ0v) is 12.4. The van der Waals surface area contributed by atoms with Gasteiger partial charge in [-0.15, -0.1) is 6.42 Å². The molecule has 1 nitrogen and oxygen atoms in total. The van der Waals surface area contributed by atoms with E-state index in [0.717, 1.165) is 6.42 Å². The highest BCUT2D eigenvalue weighted by Gasteiger charge is 1.87. The van der Waals surface area contributed by atoms with Crippen LogP contribution in [0.1, 0.15) is 31.7 Å². The summed E-state index contributed by atoms with van der Waals surface area (Å²) in [6.07, 6.45) is 11.5. The second-order valence-corrected chi connectivity index (χ2v) is 4.99. The monoisotopic (exact) mass is 263 g/mol. The van der Waals surface area contributed by atoms with Crippen molar-refractivity contribution < 1.29 is 0 Å². The molecular weight excluding hydrogens is 242 g/mol. The van der Waals surface area contributed by atoms with E-state index in [0.29, 0.717) is 11.0 Å². The van der Waals surface area contributed by atoms with Crippen molar-refractivity contribution in [2.75, 3.05) is 0 Å². The number of hydrogen-bond donors (Lipinski definition) is 1. The van der Waals surface area contributed by atoms with Crippen LogP contribution in [0.3, 0.4) is 0 Å². The Labute approximate surface area is 116 Å². The van der Waals surface area contributed by atoms with Gasteiger partial charge in [-0.05, 0) is 44.4 Å². The lowest BCUT2D eigenvalue weighted by atomic mass is 10.1. The van der Waals surface area contributed by atoms with E-state index in [9.17, 15) is 0 Å². The van der Waals surface area contributed by atoms with Crippen LogP contribution in [0, 0.1) is 32.1 Å². The maximum atomic E-state index is 5.70. The molecule has 0 spiro atoms. The average Bonchev–Trinajstić information content (AvgIpc) is 2.63. The number of rotatable bonds is 3. The molecule has 0 aromatic carbocycles. The number of terminal acetylenes is 1. The highest BCUT2D eigenvalue weighted by Crippen LogP contribution is 2.06. The summed E-state index contributed by atoms with van der Waals surface area (Å²) >= 11 is 5.70. The van der Waals surface area contributed by atoms with Gasteiger partial charge in [0.2, 0.25) is 0 Å². The predicted octanol–water partition coefficient (Wildman–Crippen LogP) is 4.98. The Hall–Kier alpha value is -1.39. The number of aromatic nitrogens is 1. The maximum Gasteiger partial charge on any atom is 0.0486 e. The lowest BCUT2D eigenvalue weighted by Crippen LogP contribution is -1.80. The SMILES string of the molecule is C#C/C=C(Cl)\C=C/CC(C)C.Cc1ccc(C)[nH]1. The molecule has 0 saturated heterocycles. The van der Waals surface area contributed by atoms with Crippen LogP contribution in [-0.4, -0.2) is 4.98 Å². The Bertz CT molecular complexity index is 414. The van der Waals surface area contributed by atoms with E-state index in [1.807, 2.05) is 26.0 Å². The van der Waals surface area contributed by atoms with E-state index in [1.165, 1.54) is 11.4 Å². The normalized spacial score (nSPS) is 11.3. The second kappa shape index (κ2) is 9.62. The fourth-order valence-electron chi connectivity index (χ4n) is 1.22. The van der Waals surface area contributed by atoms with Crippen LogP contribution in [0.5, 0.6) is 0 Å². The summed E-state index contributed by atoms with van der Waals surface area (Å²) in [5.74, 6) is 3.03. The number of aryl methyl sites for hydroxylation is 2. The molecule has 0 bridgehead atoms. The number of aromatic amines is 1. The largest absolute Gasteiger partial charge is 0.363 e. The lowest BCUT2D eigenvalue weighted by Gasteiger charge is -1.95. The van der Waals surface area contributed by atoms with E-state index in [1.54, 1.807) is 6.08 Å². The topological polar surface area (TPSA) is 15.8 Å². The number of allylic oxidation sites excluding steroid dienone is 4. The molecule has 0 aliphatic carbocycles. The standard InChI is InChI=1S/C10H13Cl.C6H9N/c1-4-6-10(11)8-5-7-9(2)3;1-5-3-4-6(2)7-5/h1,5-6,8-9H,7H2,2-3H3;3-4,7H,1-2H3/b8-5-,10-6+;. The number of nitrogens with one attached hydrogen (secondary N) is 1. The van der Waals surface area contributed by atoms with Crippen molar-refractivity contribution in [3.05, 3.63) is 46.8 Å². The first-order valence-corrected chi connectivity index (χ1v) is 6.44.